The molecular weight excluding hydrogens is 320 g/mol. The highest BCUT2D eigenvalue weighted by atomic mass is 16.5. The molecule has 0 spiro atoms. The van der Waals surface area contributed by atoms with Gasteiger partial charge in [0.1, 0.15) is 5.60 Å². The zero-order valence-electron chi connectivity index (χ0n) is 15.1. The fraction of sp³-hybridized carbons (Fsp3) is 0.579. The lowest BCUT2D eigenvalue weighted by Crippen LogP contribution is -2.50. The number of nitrogens with two attached hydrogens (primary N) is 1. The molecule has 1 aromatic carbocycles. The average Bonchev–Trinajstić information content (AvgIpc) is 2.87. The van der Waals surface area contributed by atoms with Crippen LogP contribution in [0.4, 0.5) is 0 Å². The van der Waals surface area contributed by atoms with Gasteiger partial charge in [-0.1, -0.05) is 12.1 Å². The number of carbonyl (C=O) groups excluding carboxylic acids is 2. The number of nitrogens with zero attached hydrogens (tertiary/aromatic N) is 1. The molecule has 0 saturated carbocycles. The van der Waals surface area contributed by atoms with Crippen molar-refractivity contribution in [1.82, 2.24) is 4.90 Å². The maximum Gasteiger partial charge on any atom is 0.260 e. The van der Waals surface area contributed by atoms with Crippen LogP contribution in [0.25, 0.3) is 0 Å². The van der Waals surface area contributed by atoms with Crippen LogP contribution < -0.4 is 15.2 Å². The highest BCUT2D eigenvalue weighted by Gasteiger charge is 2.34. The largest absolute Gasteiger partial charge is 0.483 e. The lowest BCUT2D eigenvalue weighted by Gasteiger charge is -2.36. The number of fused-ring (bicyclic) bond motifs is 1. The number of para-hydroxylation sites is 1. The summed E-state index contributed by atoms with van der Waals surface area (Å²) in [6.07, 6.45) is 2.32. The van der Waals surface area contributed by atoms with Gasteiger partial charge >= 0.3 is 0 Å². The minimum atomic E-state index is -0.345. The number of hydrogen-bond donors (Lipinski definition) is 1. The number of hydrogen-bond acceptors (Lipinski definition) is 4. The van der Waals surface area contributed by atoms with Gasteiger partial charge in [0, 0.05) is 24.6 Å². The molecule has 1 aromatic rings. The van der Waals surface area contributed by atoms with Crippen molar-refractivity contribution in [3.05, 3.63) is 23.8 Å². The SMILES string of the molecule is C[C@H]1CC[C@@H](C(N)=O)CN1C(=O)COc1cccc2c1OC(C)(C)C2. The Kier molecular flexibility index (Phi) is 4.62. The maximum atomic E-state index is 12.6. The van der Waals surface area contributed by atoms with E-state index in [9.17, 15) is 9.59 Å². The van der Waals surface area contributed by atoms with Crippen molar-refractivity contribution in [3.8, 4) is 11.5 Å². The van der Waals surface area contributed by atoms with Crippen LogP contribution in [0.1, 0.15) is 39.2 Å². The van der Waals surface area contributed by atoms with E-state index in [1.807, 2.05) is 39.0 Å². The van der Waals surface area contributed by atoms with Crippen molar-refractivity contribution in [2.45, 2.75) is 51.7 Å². The summed E-state index contributed by atoms with van der Waals surface area (Å²) in [7, 11) is 0. The van der Waals surface area contributed by atoms with Gasteiger partial charge < -0.3 is 20.1 Å². The maximum absolute atomic E-state index is 12.6. The quantitative estimate of drug-likeness (QED) is 0.903. The summed E-state index contributed by atoms with van der Waals surface area (Å²) in [6.45, 7) is 6.34. The highest BCUT2D eigenvalue weighted by Crippen LogP contribution is 2.41. The van der Waals surface area contributed by atoms with Crippen LogP contribution in [0.15, 0.2) is 18.2 Å². The molecule has 0 aliphatic carbocycles. The number of piperidine rings is 1. The van der Waals surface area contributed by atoms with E-state index in [1.54, 1.807) is 4.90 Å². The smallest absolute Gasteiger partial charge is 0.260 e. The van der Waals surface area contributed by atoms with E-state index in [2.05, 4.69) is 0 Å². The Labute approximate surface area is 148 Å². The molecule has 0 radical (unpaired) electrons. The Morgan fingerprint density at radius 3 is 2.84 bits per heavy atom. The molecule has 0 bridgehead atoms. The number of rotatable bonds is 4. The molecule has 1 saturated heterocycles. The van der Waals surface area contributed by atoms with Crippen molar-refractivity contribution in [2.75, 3.05) is 13.2 Å². The van der Waals surface area contributed by atoms with Gasteiger partial charge in [-0.2, -0.15) is 0 Å². The van der Waals surface area contributed by atoms with Gasteiger partial charge in [-0.3, -0.25) is 9.59 Å². The fourth-order valence-corrected chi connectivity index (χ4v) is 3.61. The summed E-state index contributed by atoms with van der Waals surface area (Å²) in [5.74, 6) is 0.565. The van der Waals surface area contributed by atoms with Gasteiger partial charge in [0.15, 0.2) is 18.1 Å². The second-order valence-electron chi connectivity index (χ2n) is 7.64. The molecule has 3 rings (SSSR count). The zero-order valence-corrected chi connectivity index (χ0v) is 15.1. The first-order valence-corrected chi connectivity index (χ1v) is 8.79. The Bertz CT molecular complexity index is 686. The number of carbonyl (C=O) groups is 2. The Morgan fingerprint density at radius 1 is 1.36 bits per heavy atom. The van der Waals surface area contributed by atoms with Crippen molar-refractivity contribution in [3.63, 3.8) is 0 Å². The molecule has 2 amide bonds. The van der Waals surface area contributed by atoms with Crippen LogP contribution in [0.5, 0.6) is 11.5 Å². The summed E-state index contributed by atoms with van der Waals surface area (Å²) in [4.78, 5) is 25.7. The van der Waals surface area contributed by atoms with Crippen molar-refractivity contribution in [2.24, 2.45) is 11.7 Å². The first kappa shape index (κ1) is 17.6. The van der Waals surface area contributed by atoms with Crippen molar-refractivity contribution >= 4 is 11.8 Å². The second-order valence-corrected chi connectivity index (χ2v) is 7.64. The van der Waals surface area contributed by atoms with E-state index >= 15 is 0 Å². The topological polar surface area (TPSA) is 81.9 Å². The van der Waals surface area contributed by atoms with E-state index in [-0.39, 0.29) is 36.0 Å². The van der Waals surface area contributed by atoms with Crippen molar-refractivity contribution < 1.29 is 19.1 Å². The van der Waals surface area contributed by atoms with E-state index in [4.69, 9.17) is 15.2 Å². The Hall–Kier alpha value is -2.24. The fourth-order valence-electron chi connectivity index (χ4n) is 3.61. The van der Waals surface area contributed by atoms with Crippen molar-refractivity contribution in [1.29, 1.82) is 0 Å². The Morgan fingerprint density at radius 2 is 2.12 bits per heavy atom. The molecule has 0 unspecified atom stereocenters. The highest BCUT2D eigenvalue weighted by molar-refractivity contribution is 5.81. The molecule has 2 atom stereocenters. The van der Waals surface area contributed by atoms with Crippen LogP contribution in [0, 0.1) is 5.92 Å². The van der Waals surface area contributed by atoms with Crippen LogP contribution >= 0.6 is 0 Å². The molecule has 6 heteroatoms. The van der Waals surface area contributed by atoms with Crippen LogP contribution in [-0.2, 0) is 16.0 Å². The molecule has 1 fully saturated rings. The summed E-state index contributed by atoms with van der Waals surface area (Å²) in [5.41, 5.74) is 6.23. The van der Waals surface area contributed by atoms with Crippen LogP contribution in [0.2, 0.25) is 0 Å². The number of primary amides is 1. The number of amides is 2. The molecule has 0 aromatic heterocycles. The molecule has 136 valence electrons. The summed E-state index contributed by atoms with van der Waals surface area (Å²) >= 11 is 0. The summed E-state index contributed by atoms with van der Waals surface area (Å²) < 4.78 is 11.7. The van der Waals surface area contributed by atoms with Gasteiger partial charge in [-0.15, -0.1) is 0 Å². The van der Waals surface area contributed by atoms with E-state index in [0.717, 1.165) is 30.6 Å². The van der Waals surface area contributed by atoms with Gasteiger partial charge in [0.05, 0.1) is 5.92 Å². The lowest BCUT2D eigenvalue weighted by atomic mass is 9.93. The minimum Gasteiger partial charge on any atom is -0.483 e. The predicted molar refractivity (Wildman–Crippen MR) is 93.4 cm³/mol. The number of ether oxygens (including phenoxy) is 2. The first-order chi connectivity index (χ1) is 11.8. The normalized spacial score (nSPS) is 24.4. The van der Waals surface area contributed by atoms with E-state index in [0.29, 0.717) is 12.3 Å². The number of benzene rings is 1. The monoisotopic (exact) mass is 346 g/mol. The third kappa shape index (κ3) is 3.72. The zero-order chi connectivity index (χ0) is 18.2. The lowest BCUT2D eigenvalue weighted by molar-refractivity contribution is -0.139. The third-order valence-corrected chi connectivity index (χ3v) is 5.01. The van der Waals surface area contributed by atoms with Crippen LogP contribution in [0.3, 0.4) is 0 Å². The summed E-state index contributed by atoms with van der Waals surface area (Å²) in [6, 6.07) is 5.83. The standard InChI is InChI=1S/C19H26N2O4/c1-12-7-8-14(18(20)23)10-21(12)16(22)11-24-15-6-4-5-13-9-19(2,3)25-17(13)15/h4-6,12,14H,7-11H2,1-3H3,(H2,20,23)/t12-,14+/m0/s1. The van der Waals surface area contributed by atoms with Gasteiger partial charge in [-0.05, 0) is 39.7 Å². The van der Waals surface area contributed by atoms with Gasteiger partial charge in [0.2, 0.25) is 5.91 Å². The van der Waals surface area contributed by atoms with Crippen LogP contribution in [-0.4, -0.2) is 41.5 Å². The average molecular weight is 346 g/mol. The molecular formula is C19H26N2O4. The molecule has 2 aliphatic heterocycles. The van der Waals surface area contributed by atoms with E-state index < -0.39 is 0 Å². The molecule has 2 aliphatic rings. The Balaban J connectivity index is 1.65. The summed E-state index contributed by atoms with van der Waals surface area (Å²) in [5, 5.41) is 0. The first-order valence-electron chi connectivity index (χ1n) is 8.79. The molecule has 25 heavy (non-hydrogen) atoms. The molecule has 2 heterocycles. The van der Waals surface area contributed by atoms with Gasteiger partial charge in [0.25, 0.3) is 5.91 Å². The van der Waals surface area contributed by atoms with E-state index in [1.165, 1.54) is 0 Å². The molecule has 6 nitrogen and oxygen atoms in total. The second kappa shape index (κ2) is 6.58. The molecule has 2 N–H and O–H groups in total. The third-order valence-electron chi connectivity index (χ3n) is 5.01. The predicted octanol–water partition coefficient (Wildman–Crippen LogP) is 1.89. The number of likely N-dealkylation sites (tertiary alicyclic amines) is 1. The van der Waals surface area contributed by atoms with Gasteiger partial charge in [-0.25, -0.2) is 0 Å². The minimum absolute atomic E-state index is 0.0733.